The SMILES string of the molecule is CC1CCCC(NCc2ccc(Br)c(F)c2)C1C. The minimum Gasteiger partial charge on any atom is -0.310 e. The van der Waals surface area contributed by atoms with E-state index in [9.17, 15) is 4.39 Å². The van der Waals surface area contributed by atoms with Crippen LogP contribution in [0.15, 0.2) is 22.7 Å². The highest BCUT2D eigenvalue weighted by Crippen LogP contribution is 2.29. The van der Waals surface area contributed by atoms with Crippen molar-refractivity contribution in [1.29, 1.82) is 0 Å². The van der Waals surface area contributed by atoms with Crippen LogP contribution in [-0.2, 0) is 6.54 Å². The Morgan fingerprint density at radius 1 is 1.33 bits per heavy atom. The maximum atomic E-state index is 13.4. The zero-order chi connectivity index (χ0) is 13.1. The van der Waals surface area contributed by atoms with Gasteiger partial charge in [-0.1, -0.05) is 32.8 Å². The highest BCUT2D eigenvalue weighted by atomic mass is 79.9. The minimum atomic E-state index is -0.181. The molecule has 0 radical (unpaired) electrons. The third-order valence-corrected chi connectivity index (χ3v) is 4.90. The van der Waals surface area contributed by atoms with Gasteiger partial charge in [-0.15, -0.1) is 0 Å². The summed E-state index contributed by atoms with van der Waals surface area (Å²) in [5.41, 5.74) is 1.01. The lowest BCUT2D eigenvalue weighted by Gasteiger charge is -2.34. The lowest BCUT2D eigenvalue weighted by molar-refractivity contribution is 0.206. The molecule has 2 rings (SSSR count). The first-order chi connectivity index (χ1) is 8.58. The topological polar surface area (TPSA) is 12.0 Å². The molecule has 1 aromatic carbocycles. The van der Waals surface area contributed by atoms with Crippen LogP contribution in [0.4, 0.5) is 4.39 Å². The molecule has 0 heterocycles. The Hall–Kier alpha value is -0.410. The van der Waals surface area contributed by atoms with Gasteiger partial charge in [-0.05, 0) is 51.9 Å². The zero-order valence-electron chi connectivity index (χ0n) is 11.0. The van der Waals surface area contributed by atoms with E-state index in [1.807, 2.05) is 6.07 Å². The number of hydrogen-bond donors (Lipinski definition) is 1. The van der Waals surface area contributed by atoms with E-state index in [1.165, 1.54) is 19.3 Å². The van der Waals surface area contributed by atoms with Gasteiger partial charge in [-0.25, -0.2) is 4.39 Å². The first kappa shape index (κ1) is 14.0. The molecule has 1 aliphatic carbocycles. The van der Waals surface area contributed by atoms with Gasteiger partial charge in [0.15, 0.2) is 0 Å². The van der Waals surface area contributed by atoms with E-state index in [-0.39, 0.29) is 5.82 Å². The minimum absolute atomic E-state index is 0.181. The second-order valence-electron chi connectivity index (χ2n) is 5.50. The molecule has 0 spiro atoms. The molecule has 1 aromatic rings. The molecule has 18 heavy (non-hydrogen) atoms. The summed E-state index contributed by atoms with van der Waals surface area (Å²) in [7, 11) is 0. The number of rotatable bonds is 3. The summed E-state index contributed by atoms with van der Waals surface area (Å²) in [6.45, 7) is 5.41. The summed E-state index contributed by atoms with van der Waals surface area (Å²) in [6.07, 6.45) is 3.88. The van der Waals surface area contributed by atoms with Crippen molar-refractivity contribution in [2.24, 2.45) is 11.8 Å². The van der Waals surface area contributed by atoms with E-state index in [0.717, 1.165) is 18.0 Å². The van der Waals surface area contributed by atoms with Gasteiger partial charge in [0, 0.05) is 12.6 Å². The maximum Gasteiger partial charge on any atom is 0.137 e. The van der Waals surface area contributed by atoms with E-state index in [4.69, 9.17) is 0 Å². The number of benzene rings is 1. The molecule has 0 saturated heterocycles. The summed E-state index contributed by atoms with van der Waals surface area (Å²) < 4.78 is 13.9. The predicted molar refractivity (Wildman–Crippen MR) is 76.9 cm³/mol. The Kier molecular flexibility index (Phi) is 4.79. The average Bonchev–Trinajstić information content (AvgIpc) is 2.35. The van der Waals surface area contributed by atoms with E-state index in [0.29, 0.717) is 16.4 Å². The van der Waals surface area contributed by atoms with Crippen LogP contribution in [-0.4, -0.2) is 6.04 Å². The van der Waals surface area contributed by atoms with Crippen molar-refractivity contribution >= 4 is 15.9 Å². The molecule has 1 aliphatic rings. The fourth-order valence-electron chi connectivity index (χ4n) is 2.77. The quantitative estimate of drug-likeness (QED) is 0.866. The van der Waals surface area contributed by atoms with Gasteiger partial charge in [-0.3, -0.25) is 0 Å². The summed E-state index contributed by atoms with van der Waals surface area (Å²) in [5, 5.41) is 3.58. The van der Waals surface area contributed by atoms with Gasteiger partial charge in [0.25, 0.3) is 0 Å². The van der Waals surface area contributed by atoms with Crippen molar-refractivity contribution in [2.45, 2.75) is 45.7 Å². The Morgan fingerprint density at radius 2 is 2.11 bits per heavy atom. The highest BCUT2D eigenvalue weighted by molar-refractivity contribution is 9.10. The molecule has 3 atom stereocenters. The van der Waals surface area contributed by atoms with E-state index in [2.05, 4.69) is 35.1 Å². The molecule has 1 N–H and O–H groups in total. The van der Waals surface area contributed by atoms with Crippen LogP contribution in [0.1, 0.15) is 38.7 Å². The standard InChI is InChI=1S/C15H21BrFN/c1-10-4-3-5-15(11(10)2)18-9-12-6-7-13(16)14(17)8-12/h6-8,10-11,15,18H,3-5,9H2,1-2H3. The van der Waals surface area contributed by atoms with Gasteiger partial charge >= 0.3 is 0 Å². The lowest BCUT2D eigenvalue weighted by atomic mass is 9.78. The number of nitrogens with one attached hydrogen (secondary N) is 1. The third-order valence-electron chi connectivity index (χ3n) is 4.26. The van der Waals surface area contributed by atoms with Gasteiger partial charge in [0.05, 0.1) is 4.47 Å². The molecule has 0 aromatic heterocycles. The number of hydrogen-bond acceptors (Lipinski definition) is 1. The lowest BCUT2D eigenvalue weighted by Crippen LogP contribution is -2.40. The van der Waals surface area contributed by atoms with Crippen LogP contribution in [0.2, 0.25) is 0 Å². The van der Waals surface area contributed by atoms with Crippen molar-refractivity contribution in [3.05, 3.63) is 34.1 Å². The molecule has 0 aliphatic heterocycles. The van der Waals surface area contributed by atoms with Crippen LogP contribution in [0.5, 0.6) is 0 Å². The molecule has 1 fully saturated rings. The smallest absolute Gasteiger partial charge is 0.137 e. The van der Waals surface area contributed by atoms with Crippen molar-refractivity contribution < 1.29 is 4.39 Å². The van der Waals surface area contributed by atoms with Crippen LogP contribution >= 0.6 is 15.9 Å². The van der Waals surface area contributed by atoms with E-state index in [1.54, 1.807) is 12.1 Å². The fraction of sp³-hybridized carbons (Fsp3) is 0.600. The van der Waals surface area contributed by atoms with Gasteiger partial charge in [-0.2, -0.15) is 0 Å². The van der Waals surface area contributed by atoms with E-state index >= 15 is 0 Å². The van der Waals surface area contributed by atoms with Crippen molar-refractivity contribution in [1.82, 2.24) is 5.32 Å². The van der Waals surface area contributed by atoms with Crippen LogP contribution in [0, 0.1) is 17.7 Å². The molecular formula is C15H21BrFN. The van der Waals surface area contributed by atoms with Crippen molar-refractivity contribution in [3.63, 3.8) is 0 Å². The maximum absolute atomic E-state index is 13.4. The second kappa shape index (κ2) is 6.16. The highest BCUT2D eigenvalue weighted by Gasteiger charge is 2.26. The Labute approximate surface area is 117 Å². The molecule has 1 saturated carbocycles. The van der Waals surface area contributed by atoms with Crippen LogP contribution < -0.4 is 5.32 Å². The Bertz CT molecular complexity index is 407. The molecule has 0 amide bonds. The van der Waals surface area contributed by atoms with Crippen LogP contribution in [0.3, 0.4) is 0 Å². The largest absolute Gasteiger partial charge is 0.310 e. The van der Waals surface area contributed by atoms with Crippen molar-refractivity contribution in [2.75, 3.05) is 0 Å². The first-order valence-corrected chi connectivity index (χ1v) is 7.54. The third kappa shape index (κ3) is 3.33. The molecular weight excluding hydrogens is 293 g/mol. The summed E-state index contributed by atoms with van der Waals surface area (Å²) in [5.74, 6) is 1.32. The predicted octanol–water partition coefficient (Wildman–Crippen LogP) is 4.50. The summed E-state index contributed by atoms with van der Waals surface area (Å²) >= 11 is 3.18. The Balaban J connectivity index is 1.92. The summed E-state index contributed by atoms with van der Waals surface area (Å²) in [6, 6.07) is 5.92. The van der Waals surface area contributed by atoms with Gasteiger partial charge < -0.3 is 5.32 Å². The fourth-order valence-corrected chi connectivity index (χ4v) is 3.02. The summed E-state index contributed by atoms with van der Waals surface area (Å²) in [4.78, 5) is 0. The van der Waals surface area contributed by atoms with Gasteiger partial charge in [0.2, 0.25) is 0 Å². The molecule has 3 heteroatoms. The molecule has 0 bridgehead atoms. The zero-order valence-corrected chi connectivity index (χ0v) is 12.6. The normalized spacial score (nSPS) is 28.3. The monoisotopic (exact) mass is 313 g/mol. The first-order valence-electron chi connectivity index (χ1n) is 6.75. The van der Waals surface area contributed by atoms with Gasteiger partial charge in [0.1, 0.15) is 5.82 Å². The molecule has 3 unspecified atom stereocenters. The molecule has 1 nitrogen and oxygen atoms in total. The van der Waals surface area contributed by atoms with Crippen LogP contribution in [0.25, 0.3) is 0 Å². The Morgan fingerprint density at radius 3 is 2.83 bits per heavy atom. The van der Waals surface area contributed by atoms with E-state index < -0.39 is 0 Å². The average molecular weight is 314 g/mol. The molecule has 100 valence electrons. The number of halogens is 2. The van der Waals surface area contributed by atoms with Crippen molar-refractivity contribution in [3.8, 4) is 0 Å². The second-order valence-corrected chi connectivity index (χ2v) is 6.36.